The van der Waals surface area contributed by atoms with Crippen molar-refractivity contribution in [3.8, 4) is 11.5 Å². The molecular weight excluding hydrogens is 286 g/mol. The summed E-state index contributed by atoms with van der Waals surface area (Å²) in [7, 11) is 8.10. The van der Waals surface area contributed by atoms with Crippen molar-refractivity contribution in [1.82, 2.24) is 0 Å². The predicted molar refractivity (Wildman–Crippen MR) is 92.1 cm³/mol. The van der Waals surface area contributed by atoms with Gasteiger partial charge in [-0.3, -0.25) is 0 Å². The smallest absolute Gasteiger partial charge is 0.153 e. The zero-order valence-corrected chi connectivity index (χ0v) is 13.5. The van der Waals surface area contributed by atoms with Gasteiger partial charge in [-0.2, -0.15) is 0 Å². The van der Waals surface area contributed by atoms with E-state index >= 15 is 0 Å². The normalized spacial score (nSPS) is 11.2. The van der Waals surface area contributed by atoms with Crippen LogP contribution in [0.4, 0.5) is 22.7 Å². The van der Waals surface area contributed by atoms with Gasteiger partial charge in [0.15, 0.2) is 11.5 Å². The second-order valence-corrected chi connectivity index (χ2v) is 5.38. The lowest BCUT2D eigenvalue weighted by Gasteiger charge is -2.25. The zero-order valence-electron chi connectivity index (χ0n) is 12.7. The van der Waals surface area contributed by atoms with Crippen molar-refractivity contribution >= 4 is 35.2 Å². The van der Waals surface area contributed by atoms with Gasteiger partial charge in [0, 0.05) is 51.7 Å². The molecule has 112 valence electrons. The van der Waals surface area contributed by atoms with Crippen LogP contribution in [0.15, 0.2) is 36.4 Å². The third kappa shape index (κ3) is 2.85. The molecule has 0 spiro atoms. The van der Waals surface area contributed by atoms with Gasteiger partial charge in [0.25, 0.3) is 0 Å². The zero-order chi connectivity index (χ0) is 14.3. The first kappa shape index (κ1) is 15.3. The maximum atomic E-state index is 6.04. The average molecular weight is 306 g/mol. The Morgan fingerprint density at radius 3 is 1.57 bits per heavy atom. The fraction of sp³-hybridized carbons (Fsp3) is 0.250. The molecule has 1 N–H and O–H groups in total. The minimum Gasteiger partial charge on any atom is -0.453 e. The maximum Gasteiger partial charge on any atom is 0.153 e. The van der Waals surface area contributed by atoms with Crippen LogP contribution in [0, 0.1) is 0 Å². The summed E-state index contributed by atoms with van der Waals surface area (Å²) in [5.41, 5.74) is 4.25. The minimum atomic E-state index is 0. The predicted octanol–water partition coefficient (Wildman–Crippen LogP) is 4.09. The fourth-order valence-electron chi connectivity index (χ4n) is 2.22. The molecule has 4 nitrogen and oxygen atoms in total. The van der Waals surface area contributed by atoms with Crippen LogP contribution in [0.3, 0.4) is 0 Å². The SMILES string of the molecule is CN(C)c1ccc2c(c1)Oc1cc(N(C)C)ccc1N2.Cl. The van der Waals surface area contributed by atoms with Crippen molar-refractivity contribution in [2.75, 3.05) is 43.3 Å². The van der Waals surface area contributed by atoms with Crippen molar-refractivity contribution in [1.29, 1.82) is 0 Å². The summed E-state index contributed by atoms with van der Waals surface area (Å²) in [4.78, 5) is 4.13. The number of nitrogens with zero attached hydrogens (tertiary/aromatic N) is 2. The summed E-state index contributed by atoms with van der Waals surface area (Å²) >= 11 is 0. The molecule has 5 heteroatoms. The van der Waals surface area contributed by atoms with Crippen LogP contribution in [0.2, 0.25) is 0 Å². The van der Waals surface area contributed by atoms with E-state index in [4.69, 9.17) is 4.74 Å². The van der Waals surface area contributed by atoms with Crippen molar-refractivity contribution in [3.63, 3.8) is 0 Å². The molecule has 0 aliphatic carbocycles. The number of rotatable bonds is 2. The highest BCUT2D eigenvalue weighted by Crippen LogP contribution is 2.44. The lowest BCUT2D eigenvalue weighted by molar-refractivity contribution is 0.481. The summed E-state index contributed by atoms with van der Waals surface area (Å²) in [5.74, 6) is 1.72. The largest absolute Gasteiger partial charge is 0.453 e. The fourth-order valence-corrected chi connectivity index (χ4v) is 2.22. The molecule has 0 amide bonds. The molecule has 0 radical (unpaired) electrons. The van der Waals surface area contributed by atoms with Crippen LogP contribution in [0.25, 0.3) is 0 Å². The molecule has 0 fully saturated rings. The molecule has 0 aromatic heterocycles. The average Bonchev–Trinajstić information content (AvgIpc) is 2.43. The summed E-state index contributed by atoms with van der Waals surface area (Å²) in [6.07, 6.45) is 0. The highest BCUT2D eigenvalue weighted by atomic mass is 35.5. The van der Waals surface area contributed by atoms with Gasteiger partial charge in [0.05, 0.1) is 11.4 Å². The summed E-state index contributed by atoms with van der Waals surface area (Å²) in [6.45, 7) is 0. The molecule has 0 bridgehead atoms. The van der Waals surface area contributed by atoms with Gasteiger partial charge in [-0.15, -0.1) is 12.4 Å². The number of benzene rings is 2. The Hall–Kier alpha value is -2.07. The highest BCUT2D eigenvalue weighted by molar-refractivity contribution is 5.85. The second-order valence-electron chi connectivity index (χ2n) is 5.38. The number of hydrogen-bond donors (Lipinski definition) is 1. The summed E-state index contributed by atoms with van der Waals surface area (Å²) in [6, 6.07) is 12.4. The molecule has 1 aliphatic heterocycles. The van der Waals surface area contributed by atoms with Gasteiger partial charge < -0.3 is 19.9 Å². The second kappa shape index (κ2) is 5.74. The monoisotopic (exact) mass is 305 g/mol. The number of ether oxygens (including phenoxy) is 1. The van der Waals surface area contributed by atoms with Gasteiger partial charge in [-0.05, 0) is 24.3 Å². The molecule has 0 unspecified atom stereocenters. The third-order valence-corrected chi connectivity index (χ3v) is 3.45. The van der Waals surface area contributed by atoms with E-state index < -0.39 is 0 Å². The van der Waals surface area contributed by atoms with Crippen LogP contribution in [-0.4, -0.2) is 28.2 Å². The Morgan fingerprint density at radius 2 is 1.19 bits per heavy atom. The van der Waals surface area contributed by atoms with E-state index in [0.717, 1.165) is 34.2 Å². The Kier molecular flexibility index (Phi) is 4.19. The summed E-state index contributed by atoms with van der Waals surface area (Å²) < 4.78 is 6.04. The van der Waals surface area contributed by atoms with E-state index in [0.29, 0.717) is 0 Å². The first-order valence-corrected chi connectivity index (χ1v) is 6.62. The lowest BCUT2D eigenvalue weighted by Crippen LogP contribution is -2.11. The Bertz CT molecular complexity index is 600. The Balaban J connectivity index is 0.00000161. The van der Waals surface area contributed by atoms with Gasteiger partial charge in [-0.1, -0.05) is 0 Å². The highest BCUT2D eigenvalue weighted by Gasteiger charge is 2.17. The molecule has 21 heavy (non-hydrogen) atoms. The molecule has 2 aromatic rings. The maximum absolute atomic E-state index is 6.04. The van der Waals surface area contributed by atoms with Crippen LogP contribution >= 0.6 is 12.4 Å². The van der Waals surface area contributed by atoms with E-state index in [2.05, 4.69) is 27.2 Å². The van der Waals surface area contributed by atoms with Crippen molar-refractivity contribution in [2.45, 2.75) is 0 Å². The van der Waals surface area contributed by atoms with Crippen molar-refractivity contribution in [3.05, 3.63) is 36.4 Å². The van der Waals surface area contributed by atoms with Crippen molar-refractivity contribution < 1.29 is 4.74 Å². The molecule has 3 rings (SSSR count). The van der Waals surface area contributed by atoms with Gasteiger partial charge in [0.1, 0.15) is 0 Å². The van der Waals surface area contributed by atoms with Crippen LogP contribution in [-0.2, 0) is 0 Å². The molecule has 0 atom stereocenters. The third-order valence-electron chi connectivity index (χ3n) is 3.45. The Morgan fingerprint density at radius 1 is 0.762 bits per heavy atom. The van der Waals surface area contributed by atoms with E-state index in [-0.39, 0.29) is 12.4 Å². The Labute approximate surface area is 131 Å². The number of halogens is 1. The van der Waals surface area contributed by atoms with E-state index in [1.165, 1.54) is 0 Å². The summed E-state index contributed by atoms with van der Waals surface area (Å²) in [5, 5.41) is 3.41. The topological polar surface area (TPSA) is 27.7 Å². The molecule has 1 heterocycles. The first-order chi connectivity index (χ1) is 9.54. The van der Waals surface area contributed by atoms with E-state index in [1.807, 2.05) is 52.5 Å². The number of nitrogens with one attached hydrogen (secondary N) is 1. The number of fused-ring (bicyclic) bond motifs is 2. The van der Waals surface area contributed by atoms with Gasteiger partial charge in [-0.25, -0.2) is 0 Å². The van der Waals surface area contributed by atoms with Crippen molar-refractivity contribution in [2.24, 2.45) is 0 Å². The first-order valence-electron chi connectivity index (χ1n) is 6.62. The number of anilines is 4. The van der Waals surface area contributed by atoms with Gasteiger partial charge in [0.2, 0.25) is 0 Å². The molecule has 1 aliphatic rings. The standard InChI is InChI=1S/C16H19N3O.ClH/c1-18(2)11-5-7-13-15(9-11)20-16-10-12(19(3)4)6-8-14(16)17-13;/h5-10,17H,1-4H3;1H. The quantitative estimate of drug-likeness (QED) is 0.772. The molecule has 2 aromatic carbocycles. The van der Waals surface area contributed by atoms with E-state index in [9.17, 15) is 0 Å². The minimum absolute atomic E-state index is 0. The number of hydrogen-bond acceptors (Lipinski definition) is 4. The lowest BCUT2D eigenvalue weighted by atomic mass is 10.1. The van der Waals surface area contributed by atoms with E-state index in [1.54, 1.807) is 0 Å². The van der Waals surface area contributed by atoms with Gasteiger partial charge >= 0.3 is 0 Å². The van der Waals surface area contributed by atoms with Crippen LogP contribution < -0.4 is 19.9 Å². The molecular formula is C16H20ClN3O. The molecule has 0 saturated heterocycles. The molecule has 0 saturated carbocycles. The van der Waals surface area contributed by atoms with Crippen LogP contribution in [0.1, 0.15) is 0 Å². The van der Waals surface area contributed by atoms with Crippen LogP contribution in [0.5, 0.6) is 11.5 Å².